The molecule has 0 aliphatic rings. The zero-order valence-corrected chi connectivity index (χ0v) is 13.7. The van der Waals surface area contributed by atoms with Crippen molar-refractivity contribution in [2.45, 2.75) is 26.3 Å². The fourth-order valence-corrected chi connectivity index (χ4v) is 2.19. The standard InChI is InChI=1S/C13H19IN2O.ClH/c1-3-15-10(2)9-16-13(17)8-11-5-4-6-12(14)7-11;/h4-7,10,15H,3,8-9H2,1-2H3,(H,16,17);1H/t10-;/m1./s1. The highest BCUT2D eigenvalue weighted by Gasteiger charge is 2.05. The topological polar surface area (TPSA) is 41.1 Å². The second-order valence-electron chi connectivity index (χ2n) is 4.07. The smallest absolute Gasteiger partial charge is 0.224 e. The van der Waals surface area contributed by atoms with E-state index in [9.17, 15) is 4.79 Å². The summed E-state index contributed by atoms with van der Waals surface area (Å²) in [4.78, 5) is 11.7. The molecule has 5 heteroatoms. The first-order valence-electron chi connectivity index (χ1n) is 5.86. The average molecular weight is 383 g/mol. The van der Waals surface area contributed by atoms with Gasteiger partial charge in [0, 0.05) is 16.2 Å². The van der Waals surface area contributed by atoms with Crippen LogP contribution in [-0.2, 0) is 11.2 Å². The number of halogens is 2. The van der Waals surface area contributed by atoms with Crippen LogP contribution in [0.5, 0.6) is 0 Å². The van der Waals surface area contributed by atoms with Gasteiger partial charge in [0.15, 0.2) is 0 Å². The third-order valence-electron chi connectivity index (χ3n) is 2.41. The summed E-state index contributed by atoms with van der Waals surface area (Å²) in [7, 11) is 0. The number of carbonyl (C=O) groups is 1. The lowest BCUT2D eigenvalue weighted by molar-refractivity contribution is -0.120. The summed E-state index contributed by atoms with van der Waals surface area (Å²) in [6, 6.07) is 8.34. The lowest BCUT2D eigenvalue weighted by Crippen LogP contribution is -2.39. The highest BCUT2D eigenvalue weighted by molar-refractivity contribution is 14.1. The number of hydrogen-bond acceptors (Lipinski definition) is 2. The second kappa shape index (κ2) is 9.58. The van der Waals surface area contributed by atoms with E-state index in [1.165, 1.54) is 0 Å². The highest BCUT2D eigenvalue weighted by Crippen LogP contribution is 2.08. The number of likely N-dealkylation sites (N-methyl/N-ethyl adjacent to an activating group) is 1. The lowest BCUT2D eigenvalue weighted by Gasteiger charge is -2.13. The summed E-state index contributed by atoms with van der Waals surface area (Å²) < 4.78 is 1.16. The summed E-state index contributed by atoms with van der Waals surface area (Å²) in [5.41, 5.74) is 1.06. The van der Waals surface area contributed by atoms with E-state index in [4.69, 9.17) is 0 Å². The van der Waals surface area contributed by atoms with Crippen LogP contribution in [0.2, 0.25) is 0 Å². The molecule has 0 aliphatic heterocycles. The zero-order valence-electron chi connectivity index (χ0n) is 10.7. The van der Waals surface area contributed by atoms with Crippen molar-refractivity contribution in [2.75, 3.05) is 13.1 Å². The van der Waals surface area contributed by atoms with Crippen LogP contribution in [0.15, 0.2) is 24.3 Å². The van der Waals surface area contributed by atoms with Gasteiger partial charge in [0.2, 0.25) is 5.91 Å². The molecule has 102 valence electrons. The van der Waals surface area contributed by atoms with Gasteiger partial charge in [-0.1, -0.05) is 19.1 Å². The number of carbonyl (C=O) groups excluding carboxylic acids is 1. The van der Waals surface area contributed by atoms with E-state index in [1.54, 1.807) is 0 Å². The third kappa shape index (κ3) is 7.18. The van der Waals surface area contributed by atoms with Crippen molar-refractivity contribution in [3.05, 3.63) is 33.4 Å². The molecule has 18 heavy (non-hydrogen) atoms. The molecule has 0 bridgehead atoms. The number of amides is 1. The fourth-order valence-electron chi connectivity index (χ4n) is 1.58. The Morgan fingerprint density at radius 2 is 2.17 bits per heavy atom. The SMILES string of the molecule is CCN[C@H](C)CNC(=O)Cc1cccc(I)c1.Cl. The molecule has 0 radical (unpaired) electrons. The van der Waals surface area contributed by atoms with E-state index < -0.39 is 0 Å². The number of hydrogen-bond donors (Lipinski definition) is 2. The molecule has 0 saturated carbocycles. The van der Waals surface area contributed by atoms with E-state index in [2.05, 4.69) is 47.1 Å². The molecule has 0 heterocycles. The van der Waals surface area contributed by atoms with Crippen molar-refractivity contribution in [1.29, 1.82) is 0 Å². The Morgan fingerprint density at radius 1 is 1.44 bits per heavy atom. The van der Waals surface area contributed by atoms with Gasteiger partial charge >= 0.3 is 0 Å². The van der Waals surface area contributed by atoms with Gasteiger partial charge in [0.05, 0.1) is 6.42 Å². The number of benzene rings is 1. The predicted molar refractivity (Wildman–Crippen MR) is 86.3 cm³/mol. The minimum Gasteiger partial charge on any atom is -0.354 e. The van der Waals surface area contributed by atoms with Crippen LogP contribution in [0, 0.1) is 3.57 Å². The van der Waals surface area contributed by atoms with Gasteiger partial charge in [0.25, 0.3) is 0 Å². The molecule has 2 N–H and O–H groups in total. The minimum atomic E-state index is 0. The molecule has 1 aromatic carbocycles. The fraction of sp³-hybridized carbons (Fsp3) is 0.462. The van der Waals surface area contributed by atoms with Crippen molar-refractivity contribution in [2.24, 2.45) is 0 Å². The Balaban J connectivity index is 0.00000289. The van der Waals surface area contributed by atoms with E-state index in [0.717, 1.165) is 15.7 Å². The molecule has 1 atom stereocenters. The van der Waals surface area contributed by atoms with Gasteiger partial charge in [-0.05, 0) is 53.8 Å². The van der Waals surface area contributed by atoms with Gasteiger partial charge in [-0.25, -0.2) is 0 Å². The van der Waals surface area contributed by atoms with E-state index in [-0.39, 0.29) is 18.3 Å². The van der Waals surface area contributed by atoms with Crippen molar-refractivity contribution < 1.29 is 4.79 Å². The predicted octanol–water partition coefficient (Wildman–Crippen LogP) is 2.37. The van der Waals surface area contributed by atoms with Gasteiger partial charge < -0.3 is 10.6 Å². The van der Waals surface area contributed by atoms with Crippen LogP contribution in [0.1, 0.15) is 19.4 Å². The molecule has 0 saturated heterocycles. The van der Waals surface area contributed by atoms with Crippen LogP contribution in [0.25, 0.3) is 0 Å². The molecule has 1 rings (SSSR count). The Morgan fingerprint density at radius 3 is 2.78 bits per heavy atom. The van der Waals surface area contributed by atoms with Gasteiger partial charge in [-0.15, -0.1) is 12.4 Å². The minimum absolute atomic E-state index is 0. The van der Waals surface area contributed by atoms with Crippen LogP contribution < -0.4 is 10.6 Å². The van der Waals surface area contributed by atoms with Gasteiger partial charge in [-0.2, -0.15) is 0 Å². The molecular weight excluding hydrogens is 363 g/mol. The molecule has 3 nitrogen and oxygen atoms in total. The summed E-state index contributed by atoms with van der Waals surface area (Å²) in [6.45, 7) is 5.73. The maximum Gasteiger partial charge on any atom is 0.224 e. The normalized spacial score (nSPS) is 11.5. The Labute approximate surface area is 129 Å². The molecule has 1 amide bonds. The summed E-state index contributed by atoms with van der Waals surface area (Å²) >= 11 is 2.25. The molecule has 0 aliphatic carbocycles. The summed E-state index contributed by atoms with van der Waals surface area (Å²) in [5, 5.41) is 6.19. The number of rotatable bonds is 6. The first-order valence-corrected chi connectivity index (χ1v) is 6.94. The highest BCUT2D eigenvalue weighted by atomic mass is 127. The van der Waals surface area contributed by atoms with Crippen molar-refractivity contribution in [3.8, 4) is 0 Å². The zero-order chi connectivity index (χ0) is 12.7. The average Bonchev–Trinajstić information content (AvgIpc) is 2.27. The Bertz CT molecular complexity index is 374. The Hall–Kier alpha value is -0.330. The van der Waals surface area contributed by atoms with Gasteiger partial charge in [0.1, 0.15) is 0 Å². The second-order valence-corrected chi connectivity index (χ2v) is 5.32. The molecule has 0 fully saturated rings. The largest absolute Gasteiger partial charge is 0.354 e. The third-order valence-corrected chi connectivity index (χ3v) is 3.08. The van der Waals surface area contributed by atoms with Crippen LogP contribution in [-0.4, -0.2) is 25.0 Å². The summed E-state index contributed by atoms with van der Waals surface area (Å²) in [6.07, 6.45) is 0.454. The maximum absolute atomic E-state index is 11.7. The number of nitrogens with one attached hydrogen (secondary N) is 2. The van der Waals surface area contributed by atoms with Crippen molar-refractivity contribution in [1.82, 2.24) is 10.6 Å². The van der Waals surface area contributed by atoms with E-state index in [0.29, 0.717) is 19.0 Å². The van der Waals surface area contributed by atoms with Crippen molar-refractivity contribution >= 4 is 40.9 Å². The first kappa shape index (κ1) is 17.7. The first-order chi connectivity index (χ1) is 8.11. The molecule has 0 aromatic heterocycles. The molecule has 0 unspecified atom stereocenters. The van der Waals surface area contributed by atoms with Crippen molar-refractivity contribution in [3.63, 3.8) is 0 Å². The lowest BCUT2D eigenvalue weighted by atomic mass is 10.1. The summed E-state index contributed by atoms with van der Waals surface area (Å²) in [5.74, 6) is 0.0803. The quantitative estimate of drug-likeness (QED) is 0.742. The Kier molecular flexibility index (Phi) is 9.40. The van der Waals surface area contributed by atoms with Crippen LogP contribution in [0.4, 0.5) is 0 Å². The van der Waals surface area contributed by atoms with E-state index >= 15 is 0 Å². The maximum atomic E-state index is 11.7. The molecule has 1 aromatic rings. The van der Waals surface area contributed by atoms with Crippen LogP contribution in [0.3, 0.4) is 0 Å². The molecule has 0 spiro atoms. The van der Waals surface area contributed by atoms with Gasteiger partial charge in [-0.3, -0.25) is 4.79 Å². The monoisotopic (exact) mass is 382 g/mol. The van der Waals surface area contributed by atoms with E-state index in [1.807, 2.05) is 24.3 Å². The van der Waals surface area contributed by atoms with Crippen LogP contribution >= 0.6 is 35.0 Å². The molecular formula is C13H20ClIN2O.